The third-order valence-corrected chi connectivity index (χ3v) is 19.1. The molecule has 0 amide bonds. The van der Waals surface area contributed by atoms with Gasteiger partial charge in [-0.15, -0.1) is 0 Å². The van der Waals surface area contributed by atoms with Gasteiger partial charge in [0.2, 0.25) is 0 Å². The molecule has 105 heavy (non-hydrogen) atoms. The van der Waals surface area contributed by atoms with Crippen molar-refractivity contribution in [1.29, 1.82) is 0 Å². The minimum atomic E-state index is -5.14. The van der Waals surface area contributed by atoms with Gasteiger partial charge in [0.05, 0.1) is 50.1 Å². The number of aromatic nitrogens is 8. The predicted molar refractivity (Wildman–Crippen MR) is 396 cm³/mol. The van der Waals surface area contributed by atoms with Crippen molar-refractivity contribution in [2.45, 2.75) is 25.5 Å². The van der Waals surface area contributed by atoms with E-state index in [0.29, 0.717) is 119 Å². The summed E-state index contributed by atoms with van der Waals surface area (Å²) in [5, 5.41) is 2.88. The highest BCUT2D eigenvalue weighted by Gasteiger charge is 2.39. The fraction of sp³-hybridized carbons (Fsp3) is 0.0455. The molecule has 0 fully saturated rings. The molecule has 0 aliphatic carbocycles. The molecule has 0 N–H and O–H groups in total. The lowest BCUT2D eigenvalue weighted by molar-refractivity contribution is -0.143. The zero-order chi connectivity index (χ0) is 71.9. The Labute approximate surface area is 594 Å². The fourth-order valence-electron chi connectivity index (χ4n) is 14.3. The standard InChI is InChI=1S/C88H53F9N8/c1-52-47-61(86(89,90)91)41-43-63(52)57-39-45-74-69(49-57)65-31-14-16-35-72(65)104(74)76-37-19-33-67(84-100-80(53-21-6-2-7-22-53)98-81(101-84)54-23-8-3-9-24-54)78(76)59-29-18-30-60(48-59)79-68(85-102-82(55-25-10-4-11-26-55)99-83(103-85)56-27-12-5-13-28-56)34-20-38-77(79)105-73-36-17-15-32-66(73)70-50-58(40-46-75(70)105)64-44-42-62(87(92,93)94)51-71(64)88(95,96)97/h2-51H,1H3. The molecule has 0 aliphatic rings. The summed E-state index contributed by atoms with van der Waals surface area (Å²) in [5.41, 5.74) is 8.83. The topological polar surface area (TPSA) is 87.2 Å². The SMILES string of the molecule is Cc1cc(C(F)(F)F)ccc1-c1ccc2c(c1)c1ccccc1n2-c1cccc(-c2nc(-c3ccccc3)nc(-c3ccccc3)n2)c1-c1cccc(-c2c(-c3nc(-c4ccccc4)nc(-c4ccccc4)n3)cccc2-n2c3ccccc3c3cc(-c4ccc(C(F)(F)F)cc4C(F)(F)F)ccc32)c1. The summed E-state index contributed by atoms with van der Waals surface area (Å²) in [7, 11) is 0. The van der Waals surface area contributed by atoms with Gasteiger partial charge >= 0.3 is 18.5 Å². The highest BCUT2D eigenvalue weighted by Crippen LogP contribution is 2.49. The lowest BCUT2D eigenvalue weighted by Crippen LogP contribution is -2.12. The van der Waals surface area contributed by atoms with E-state index in [-0.39, 0.29) is 11.6 Å². The maximum absolute atomic E-state index is 15.0. The van der Waals surface area contributed by atoms with Gasteiger partial charge in [-0.1, -0.05) is 224 Å². The van der Waals surface area contributed by atoms with Crippen LogP contribution in [0.2, 0.25) is 0 Å². The maximum atomic E-state index is 15.0. The first-order valence-corrected chi connectivity index (χ1v) is 33.5. The highest BCUT2D eigenvalue weighted by molar-refractivity contribution is 6.13. The molecule has 17 rings (SSSR count). The number of hydrogen-bond acceptors (Lipinski definition) is 6. The first-order valence-electron chi connectivity index (χ1n) is 33.5. The molecule has 17 heteroatoms. The lowest BCUT2D eigenvalue weighted by atomic mass is 9.91. The van der Waals surface area contributed by atoms with Crippen LogP contribution in [0.25, 0.3) is 168 Å². The monoisotopic (exact) mass is 1390 g/mol. The van der Waals surface area contributed by atoms with Crippen molar-refractivity contribution in [3.63, 3.8) is 0 Å². The number of aryl methyl sites for hydroxylation is 1. The normalized spacial score (nSPS) is 12.1. The molecule has 8 nitrogen and oxygen atoms in total. The Bertz CT molecular complexity index is 6130. The van der Waals surface area contributed by atoms with Crippen LogP contribution in [-0.2, 0) is 18.5 Å². The van der Waals surface area contributed by atoms with Crippen LogP contribution in [0.15, 0.2) is 303 Å². The number of para-hydroxylation sites is 2. The summed E-state index contributed by atoms with van der Waals surface area (Å²) in [6.45, 7) is 1.68. The van der Waals surface area contributed by atoms with Crippen LogP contribution in [0, 0.1) is 6.92 Å². The zero-order valence-corrected chi connectivity index (χ0v) is 55.3. The van der Waals surface area contributed by atoms with Gasteiger partial charge in [0.25, 0.3) is 0 Å². The number of fused-ring (bicyclic) bond motifs is 6. The van der Waals surface area contributed by atoms with Crippen LogP contribution in [0.4, 0.5) is 39.5 Å². The molecule has 0 bridgehead atoms. The molecular formula is C88H53F9N8. The minimum Gasteiger partial charge on any atom is -0.309 e. The van der Waals surface area contributed by atoms with Crippen molar-refractivity contribution in [2.24, 2.45) is 0 Å². The number of nitrogens with zero attached hydrogens (tertiary/aromatic N) is 8. The van der Waals surface area contributed by atoms with E-state index in [1.54, 1.807) is 19.1 Å². The Morgan fingerprint density at radius 1 is 0.238 bits per heavy atom. The molecule has 13 aromatic carbocycles. The molecule has 0 atom stereocenters. The van der Waals surface area contributed by atoms with E-state index in [1.165, 1.54) is 18.2 Å². The summed E-state index contributed by atoms with van der Waals surface area (Å²) in [4.78, 5) is 31.5. The summed E-state index contributed by atoms with van der Waals surface area (Å²) < 4.78 is 134. The van der Waals surface area contributed by atoms with Crippen molar-refractivity contribution in [3.05, 3.63) is 326 Å². The van der Waals surface area contributed by atoms with E-state index < -0.39 is 40.8 Å². The van der Waals surface area contributed by atoms with E-state index in [2.05, 4.69) is 10.6 Å². The van der Waals surface area contributed by atoms with Crippen molar-refractivity contribution >= 4 is 43.6 Å². The molecule has 508 valence electrons. The van der Waals surface area contributed by atoms with Gasteiger partial charge in [-0.3, -0.25) is 0 Å². The average molecular weight is 1390 g/mol. The summed E-state index contributed by atoms with van der Waals surface area (Å²) >= 11 is 0. The third-order valence-electron chi connectivity index (χ3n) is 19.1. The van der Waals surface area contributed by atoms with Crippen molar-refractivity contribution < 1.29 is 39.5 Å². The van der Waals surface area contributed by atoms with Gasteiger partial charge < -0.3 is 9.13 Å². The van der Waals surface area contributed by atoms with Crippen LogP contribution in [0.1, 0.15) is 22.3 Å². The van der Waals surface area contributed by atoms with Crippen molar-refractivity contribution in [1.82, 2.24) is 39.0 Å². The smallest absolute Gasteiger partial charge is 0.309 e. The molecule has 0 radical (unpaired) electrons. The molecule has 0 aliphatic heterocycles. The van der Waals surface area contributed by atoms with Gasteiger partial charge in [-0.25, -0.2) is 29.9 Å². The second-order valence-corrected chi connectivity index (χ2v) is 25.5. The third kappa shape index (κ3) is 12.0. The van der Waals surface area contributed by atoms with E-state index >= 15 is 13.2 Å². The van der Waals surface area contributed by atoms with Gasteiger partial charge in [0.15, 0.2) is 34.9 Å². The summed E-state index contributed by atoms with van der Waals surface area (Å²) in [5.74, 6) is 2.28. The Morgan fingerprint density at radius 2 is 0.581 bits per heavy atom. The lowest BCUT2D eigenvalue weighted by Gasteiger charge is -2.21. The minimum absolute atomic E-state index is 0.0533. The molecule has 4 aromatic heterocycles. The molecule has 0 spiro atoms. The second-order valence-electron chi connectivity index (χ2n) is 25.5. The predicted octanol–water partition coefficient (Wildman–Crippen LogP) is 24.3. The van der Waals surface area contributed by atoms with Crippen molar-refractivity contribution in [3.8, 4) is 124 Å². The van der Waals surface area contributed by atoms with Crippen molar-refractivity contribution in [2.75, 3.05) is 0 Å². The molecule has 0 saturated carbocycles. The number of benzene rings is 13. The van der Waals surface area contributed by atoms with Crippen LogP contribution in [-0.4, -0.2) is 39.0 Å². The van der Waals surface area contributed by atoms with Gasteiger partial charge in [0, 0.05) is 66.1 Å². The molecule has 17 aromatic rings. The first kappa shape index (κ1) is 65.2. The zero-order valence-electron chi connectivity index (χ0n) is 55.3. The molecule has 0 saturated heterocycles. The number of halogens is 9. The van der Waals surface area contributed by atoms with E-state index in [4.69, 9.17) is 29.9 Å². The van der Waals surface area contributed by atoms with Crippen LogP contribution in [0.3, 0.4) is 0 Å². The van der Waals surface area contributed by atoms with Crippen LogP contribution < -0.4 is 0 Å². The van der Waals surface area contributed by atoms with E-state index in [0.717, 1.165) is 61.8 Å². The fourth-order valence-corrected chi connectivity index (χ4v) is 14.3. The summed E-state index contributed by atoms with van der Waals surface area (Å²) in [6.07, 6.45) is -14.7. The van der Waals surface area contributed by atoms with Gasteiger partial charge in [0.1, 0.15) is 0 Å². The molecule has 4 heterocycles. The van der Waals surface area contributed by atoms with Gasteiger partial charge in [-0.2, -0.15) is 39.5 Å². The largest absolute Gasteiger partial charge is 0.417 e. The maximum Gasteiger partial charge on any atom is 0.417 e. The van der Waals surface area contributed by atoms with Gasteiger partial charge in [-0.05, 0) is 125 Å². The Kier molecular flexibility index (Phi) is 16.0. The quantitative estimate of drug-likeness (QED) is 0.113. The number of alkyl halides is 9. The number of hydrogen-bond donors (Lipinski definition) is 0. The van der Waals surface area contributed by atoms with E-state index in [9.17, 15) is 26.3 Å². The first-order chi connectivity index (χ1) is 50.9. The molecular weight excluding hydrogens is 1340 g/mol. The van der Waals surface area contributed by atoms with E-state index in [1.807, 2.05) is 247 Å². The average Bonchev–Trinajstić information content (AvgIpc) is 1.53. The Hall–Kier alpha value is -13.2. The highest BCUT2D eigenvalue weighted by atomic mass is 19.4. The Balaban J connectivity index is 0.949. The summed E-state index contributed by atoms with van der Waals surface area (Å²) in [6, 6.07) is 90.0. The molecule has 0 unspecified atom stereocenters. The Morgan fingerprint density at radius 3 is 0.981 bits per heavy atom. The van der Waals surface area contributed by atoms with Crippen LogP contribution in [0.5, 0.6) is 0 Å². The second kappa shape index (κ2) is 25.7. The number of rotatable bonds is 12. The van der Waals surface area contributed by atoms with Crippen LogP contribution >= 0.6 is 0 Å².